The van der Waals surface area contributed by atoms with E-state index in [1.54, 1.807) is 24.3 Å². The van der Waals surface area contributed by atoms with Gasteiger partial charge in [-0.05, 0) is 55.8 Å². The van der Waals surface area contributed by atoms with Crippen LogP contribution in [0.5, 0.6) is 5.75 Å². The molecule has 1 aliphatic heterocycles. The molecule has 0 amide bonds. The summed E-state index contributed by atoms with van der Waals surface area (Å²) >= 11 is 0. The predicted molar refractivity (Wildman–Crippen MR) is 88.3 cm³/mol. The summed E-state index contributed by atoms with van der Waals surface area (Å²) in [4.78, 5) is 0.239. The average molecular weight is 350 g/mol. The number of hydrogen-bond acceptors (Lipinski definition) is 4. The molecule has 2 aromatic carbocycles. The standard InChI is InChI=1S/C18H19FO4S/c1-17(2,18(12-22-18)13-4-6-14(19)7-5-13)23-15-8-10-16(11-9-15)24(3,20)21/h4-11H,12H2,1-3H3. The van der Waals surface area contributed by atoms with Gasteiger partial charge < -0.3 is 9.47 Å². The monoisotopic (exact) mass is 350 g/mol. The van der Waals surface area contributed by atoms with Crippen molar-refractivity contribution in [2.45, 2.75) is 29.9 Å². The lowest BCUT2D eigenvalue weighted by Gasteiger charge is -2.33. The Bertz CT molecular complexity index is 836. The number of ether oxygens (including phenoxy) is 2. The molecule has 1 fully saturated rings. The Kier molecular flexibility index (Phi) is 3.92. The van der Waals surface area contributed by atoms with Crippen molar-refractivity contribution in [3.63, 3.8) is 0 Å². The lowest BCUT2D eigenvalue weighted by atomic mass is 9.84. The van der Waals surface area contributed by atoms with E-state index >= 15 is 0 Å². The molecule has 128 valence electrons. The maximum atomic E-state index is 13.2. The van der Waals surface area contributed by atoms with Crippen LogP contribution in [-0.4, -0.2) is 26.9 Å². The zero-order valence-electron chi connectivity index (χ0n) is 13.7. The molecule has 1 saturated heterocycles. The van der Waals surface area contributed by atoms with Gasteiger partial charge in [-0.1, -0.05) is 12.1 Å². The highest BCUT2D eigenvalue weighted by molar-refractivity contribution is 7.90. The van der Waals surface area contributed by atoms with Crippen LogP contribution in [0.4, 0.5) is 4.39 Å². The van der Waals surface area contributed by atoms with Crippen LogP contribution in [0.2, 0.25) is 0 Å². The average Bonchev–Trinajstić information content (AvgIpc) is 3.29. The molecule has 0 aromatic heterocycles. The van der Waals surface area contributed by atoms with Gasteiger partial charge in [0.15, 0.2) is 15.4 Å². The van der Waals surface area contributed by atoms with E-state index in [9.17, 15) is 12.8 Å². The van der Waals surface area contributed by atoms with E-state index in [1.807, 2.05) is 13.8 Å². The van der Waals surface area contributed by atoms with Gasteiger partial charge in [0.1, 0.15) is 17.2 Å². The van der Waals surface area contributed by atoms with Crippen LogP contribution in [0.3, 0.4) is 0 Å². The molecule has 1 unspecified atom stereocenters. The van der Waals surface area contributed by atoms with E-state index in [0.29, 0.717) is 12.4 Å². The number of halogens is 1. The Morgan fingerprint density at radius 3 is 2.08 bits per heavy atom. The number of sulfone groups is 1. The first-order valence-corrected chi connectivity index (χ1v) is 9.42. The van der Waals surface area contributed by atoms with Crippen molar-refractivity contribution < 1.29 is 22.3 Å². The molecule has 6 heteroatoms. The summed E-state index contributed by atoms with van der Waals surface area (Å²) in [6, 6.07) is 12.5. The minimum atomic E-state index is -3.24. The lowest BCUT2D eigenvalue weighted by molar-refractivity contribution is 0.0153. The van der Waals surface area contributed by atoms with Gasteiger partial charge in [-0.15, -0.1) is 0 Å². The van der Waals surface area contributed by atoms with Crippen LogP contribution in [0.1, 0.15) is 19.4 Å². The summed E-state index contributed by atoms with van der Waals surface area (Å²) in [6.45, 7) is 4.27. The largest absolute Gasteiger partial charge is 0.484 e. The fourth-order valence-electron chi connectivity index (χ4n) is 2.79. The summed E-state index contributed by atoms with van der Waals surface area (Å²) in [7, 11) is -3.24. The zero-order valence-corrected chi connectivity index (χ0v) is 14.6. The van der Waals surface area contributed by atoms with E-state index < -0.39 is 21.0 Å². The number of rotatable bonds is 5. The second-order valence-corrected chi connectivity index (χ2v) is 8.49. The van der Waals surface area contributed by atoms with Crippen molar-refractivity contribution >= 4 is 9.84 Å². The van der Waals surface area contributed by atoms with Gasteiger partial charge in [0.25, 0.3) is 0 Å². The Balaban J connectivity index is 1.84. The van der Waals surface area contributed by atoms with Gasteiger partial charge in [-0.25, -0.2) is 12.8 Å². The summed E-state index contributed by atoms with van der Waals surface area (Å²) < 4.78 is 48.0. The molecule has 0 saturated carbocycles. The molecule has 0 radical (unpaired) electrons. The molecule has 1 atom stereocenters. The van der Waals surface area contributed by atoms with Crippen LogP contribution in [0, 0.1) is 5.82 Å². The zero-order chi connectivity index (χ0) is 17.6. The molecular weight excluding hydrogens is 331 g/mol. The van der Waals surface area contributed by atoms with Gasteiger partial charge in [-0.2, -0.15) is 0 Å². The van der Waals surface area contributed by atoms with E-state index in [2.05, 4.69) is 0 Å². The molecule has 1 aliphatic rings. The summed E-state index contributed by atoms with van der Waals surface area (Å²) in [5.41, 5.74) is -0.505. The van der Waals surface area contributed by atoms with Gasteiger partial charge in [0.2, 0.25) is 0 Å². The minimum absolute atomic E-state index is 0.239. The predicted octanol–water partition coefficient (Wildman–Crippen LogP) is 3.31. The van der Waals surface area contributed by atoms with Crippen LogP contribution in [0.25, 0.3) is 0 Å². The smallest absolute Gasteiger partial charge is 0.175 e. The molecule has 0 aliphatic carbocycles. The molecule has 0 bridgehead atoms. The normalized spacial score (nSPS) is 20.7. The number of hydrogen-bond donors (Lipinski definition) is 0. The quantitative estimate of drug-likeness (QED) is 0.777. The van der Waals surface area contributed by atoms with Crippen LogP contribution in [0.15, 0.2) is 53.4 Å². The molecule has 0 N–H and O–H groups in total. The van der Waals surface area contributed by atoms with E-state index in [4.69, 9.17) is 9.47 Å². The Morgan fingerprint density at radius 1 is 1.08 bits per heavy atom. The Morgan fingerprint density at radius 2 is 1.62 bits per heavy atom. The topological polar surface area (TPSA) is 55.9 Å². The van der Waals surface area contributed by atoms with Crippen molar-refractivity contribution in [1.29, 1.82) is 0 Å². The maximum absolute atomic E-state index is 13.2. The second-order valence-electron chi connectivity index (χ2n) is 6.48. The Hall–Kier alpha value is -1.92. The van der Waals surface area contributed by atoms with Crippen molar-refractivity contribution in [2.75, 3.05) is 12.9 Å². The third-order valence-electron chi connectivity index (χ3n) is 4.34. The lowest BCUT2D eigenvalue weighted by Crippen LogP contribution is -2.43. The van der Waals surface area contributed by atoms with Crippen LogP contribution >= 0.6 is 0 Å². The summed E-state index contributed by atoms with van der Waals surface area (Å²) in [5, 5.41) is 0. The fraction of sp³-hybridized carbons (Fsp3) is 0.333. The minimum Gasteiger partial charge on any atom is -0.484 e. The third-order valence-corrected chi connectivity index (χ3v) is 5.47. The molecule has 0 spiro atoms. The molecule has 1 heterocycles. The third kappa shape index (κ3) is 3.03. The molecule has 24 heavy (non-hydrogen) atoms. The van der Waals surface area contributed by atoms with Crippen molar-refractivity contribution in [3.8, 4) is 5.75 Å². The van der Waals surface area contributed by atoms with Gasteiger partial charge in [0.05, 0.1) is 11.5 Å². The number of epoxide rings is 1. The van der Waals surface area contributed by atoms with Crippen LogP contribution in [-0.2, 0) is 20.2 Å². The van der Waals surface area contributed by atoms with E-state index in [0.717, 1.165) is 11.8 Å². The van der Waals surface area contributed by atoms with Gasteiger partial charge >= 0.3 is 0 Å². The van der Waals surface area contributed by atoms with Crippen molar-refractivity contribution in [1.82, 2.24) is 0 Å². The summed E-state index contributed by atoms with van der Waals surface area (Å²) in [5.74, 6) is 0.244. The summed E-state index contributed by atoms with van der Waals surface area (Å²) in [6.07, 6.45) is 1.16. The fourth-order valence-corrected chi connectivity index (χ4v) is 3.42. The highest BCUT2D eigenvalue weighted by atomic mass is 32.2. The highest BCUT2D eigenvalue weighted by Gasteiger charge is 2.60. The molecular formula is C18H19FO4S. The second kappa shape index (κ2) is 5.57. The van der Waals surface area contributed by atoms with E-state index in [1.165, 1.54) is 24.3 Å². The SMILES string of the molecule is CC(C)(Oc1ccc(S(C)(=O)=O)cc1)C1(c2ccc(F)cc2)CO1. The number of benzene rings is 2. The molecule has 3 rings (SSSR count). The van der Waals surface area contributed by atoms with Crippen molar-refractivity contribution in [2.24, 2.45) is 0 Å². The highest BCUT2D eigenvalue weighted by Crippen LogP contribution is 2.49. The van der Waals surface area contributed by atoms with Gasteiger partial charge in [-0.3, -0.25) is 0 Å². The van der Waals surface area contributed by atoms with Gasteiger partial charge in [0, 0.05) is 6.26 Å². The Labute approximate surface area is 141 Å². The first kappa shape index (κ1) is 16.9. The molecule has 2 aromatic rings. The molecule has 4 nitrogen and oxygen atoms in total. The first-order chi connectivity index (χ1) is 11.1. The maximum Gasteiger partial charge on any atom is 0.175 e. The van der Waals surface area contributed by atoms with Crippen molar-refractivity contribution in [3.05, 3.63) is 59.9 Å². The van der Waals surface area contributed by atoms with E-state index in [-0.39, 0.29) is 10.7 Å². The van der Waals surface area contributed by atoms with Crippen LogP contribution < -0.4 is 4.74 Å². The first-order valence-electron chi connectivity index (χ1n) is 7.53.